The van der Waals surface area contributed by atoms with Gasteiger partial charge in [0.15, 0.2) is 0 Å². The number of hydrogen-bond acceptors (Lipinski definition) is 3. The molecule has 20 heavy (non-hydrogen) atoms. The first-order valence-electron chi connectivity index (χ1n) is 7.10. The van der Waals surface area contributed by atoms with Gasteiger partial charge in [-0.05, 0) is 25.3 Å². The lowest BCUT2D eigenvalue weighted by Gasteiger charge is -2.33. The van der Waals surface area contributed by atoms with Crippen LogP contribution in [0.2, 0.25) is 0 Å². The standard InChI is InChI=1S/C16H23NO3/c1-16(12-19-2,14-6-4-3-5-7-14)17-15(18)13-8-10-20-11-9-13/h3-7,13H,8-12H2,1-2H3,(H,17,18)/t16-/m1/s1. The number of benzene rings is 1. The van der Waals surface area contributed by atoms with Gasteiger partial charge in [0.25, 0.3) is 0 Å². The van der Waals surface area contributed by atoms with Gasteiger partial charge >= 0.3 is 0 Å². The second-order valence-corrected chi connectivity index (χ2v) is 5.51. The summed E-state index contributed by atoms with van der Waals surface area (Å²) in [6.45, 7) is 3.80. The number of rotatable bonds is 5. The number of hydrogen-bond donors (Lipinski definition) is 1. The molecule has 1 N–H and O–H groups in total. The Morgan fingerprint density at radius 2 is 2.00 bits per heavy atom. The van der Waals surface area contributed by atoms with Crippen LogP contribution in [0, 0.1) is 5.92 Å². The largest absolute Gasteiger partial charge is 0.382 e. The van der Waals surface area contributed by atoms with E-state index in [-0.39, 0.29) is 11.8 Å². The third-order valence-corrected chi connectivity index (χ3v) is 3.84. The molecule has 4 nitrogen and oxygen atoms in total. The van der Waals surface area contributed by atoms with Gasteiger partial charge in [-0.2, -0.15) is 0 Å². The van der Waals surface area contributed by atoms with Gasteiger partial charge < -0.3 is 14.8 Å². The van der Waals surface area contributed by atoms with Crippen LogP contribution in [-0.2, 0) is 19.8 Å². The summed E-state index contributed by atoms with van der Waals surface area (Å²) in [6, 6.07) is 9.96. The van der Waals surface area contributed by atoms with Crippen LogP contribution in [0.5, 0.6) is 0 Å². The minimum atomic E-state index is -0.495. The van der Waals surface area contributed by atoms with Crippen molar-refractivity contribution in [2.45, 2.75) is 25.3 Å². The second-order valence-electron chi connectivity index (χ2n) is 5.51. The van der Waals surface area contributed by atoms with Crippen LogP contribution in [0.1, 0.15) is 25.3 Å². The molecule has 1 fully saturated rings. The molecule has 1 saturated heterocycles. The lowest BCUT2D eigenvalue weighted by molar-refractivity contribution is -0.130. The summed E-state index contributed by atoms with van der Waals surface area (Å²) >= 11 is 0. The molecule has 1 aliphatic rings. The van der Waals surface area contributed by atoms with E-state index in [2.05, 4.69) is 5.32 Å². The predicted octanol–water partition coefficient (Wildman–Crippen LogP) is 2.09. The predicted molar refractivity (Wildman–Crippen MR) is 77.4 cm³/mol. The van der Waals surface area contributed by atoms with Crippen molar-refractivity contribution in [3.05, 3.63) is 35.9 Å². The maximum absolute atomic E-state index is 12.4. The molecular weight excluding hydrogens is 254 g/mol. The van der Waals surface area contributed by atoms with Crippen molar-refractivity contribution in [2.75, 3.05) is 26.9 Å². The van der Waals surface area contributed by atoms with Gasteiger partial charge in [0.2, 0.25) is 5.91 Å². The molecule has 2 rings (SSSR count). The highest BCUT2D eigenvalue weighted by Crippen LogP contribution is 2.23. The zero-order chi connectivity index (χ0) is 14.4. The number of ether oxygens (including phenoxy) is 2. The first-order valence-corrected chi connectivity index (χ1v) is 7.10. The first-order chi connectivity index (χ1) is 9.65. The average Bonchev–Trinajstić information content (AvgIpc) is 2.49. The van der Waals surface area contributed by atoms with E-state index in [4.69, 9.17) is 9.47 Å². The van der Waals surface area contributed by atoms with Crippen molar-refractivity contribution < 1.29 is 14.3 Å². The minimum absolute atomic E-state index is 0.0450. The smallest absolute Gasteiger partial charge is 0.224 e. The Labute approximate surface area is 120 Å². The summed E-state index contributed by atoms with van der Waals surface area (Å²) in [5.41, 5.74) is 0.563. The molecular formula is C16H23NO3. The van der Waals surface area contributed by atoms with Gasteiger partial charge in [0, 0.05) is 26.2 Å². The Kier molecular flexibility index (Phi) is 5.15. The monoisotopic (exact) mass is 277 g/mol. The van der Waals surface area contributed by atoms with Gasteiger partial charge in [-0.15, -0.1) is 0 Å². The van der Waals surface area contributed by atoms with Crippen molar-refractivity contribution >= 4 is 5.91 Å². The molecule has 1 aromatic carbocycles. The zero-order valence-corrected chi connectivity index (χ0v) is 12.2. The lowest BCUT2D eigenvalue weighted by Crippen LogP contribution is -2.49. The summed E-state index contributed by atoms with van der Waals surface area (Å²) in [4.78, 5) is 12.4. The van der Waals surface area contributed by atoms with Crippen LogP contribution >= 0.6 is 0 Å². The molecule has 0 aliphatic carbocycles. The van der Waals surface area contributed by atoms with Crippen molar-refractivity contribution in [1.29, 1.82) is 0 Å². The van der Waals surface area contributed by atoms with Crippen molar-refractivity contribution in [1.82, 2.24) is 5.32 Å². The first kappa shape index (κ1) is 15.0. The van der Waals surface area contributed by atoms with E-state index >= 15 is 0 Å². The summed E-state index contributed by atoms with van der Waals surface area (Å²) < 4.78 is 10.6. The van der Waals surface area contributed by atoms with Crippen molar-refractivity contribution in [2.24, 2.45) is 5.92 Å². The molecule has 1 aliphatic heterocycles. The van der Waals surface area contributed by atoms with E-state index in [1.807, 2.05) is 37.3 Å². The molecule has 0 saturated carbocycles. The van der Waals surface area contributed by atoms with Gasteiger partial charge in [-0.25, -0.2) is 0 Å². The Hall–Kier alpha value is -1.39. The van der Waals surface area contributed by atoms with E-state index in [1.54, 1.807) is 7.11 Å². The average molecular weight is 277 g/mol. The Bertz CT molecular complexity index is 429. The van der Waals surface area contributed by atoms with Crippen molar-refractivity contribution in [3.8, 4) is 0 Å². The third kappa shape index (κ3) is 3.58. The lowest BCUT2D eigenvalue weighted by atomic mass is 9.90. The maximum Gasteiger partial charge on any atom is 0.224 e. The molecule has 110 valence electrons. The fourth-order valence-electron chi connectivity index (χ4n) is 2.62. The molecule has 0 unspecified atom stereocenters. The topological polar surface area (TPSA) is 47.6 Å². The maximum atomic E-state index is 12.4. The zero-order valence-electron chi connectivity index (χ0n) is 12.2. The normalized spacial score (nSPS) is 19.3. The fourth-order valence-corrected chi connectivity index (χ4v) is 2.62. The van der Waals surface area contributed by atoms with Crippen LogP contribution < -0.4 is 5.32 Å². The van der Waals surface area contributed by atoms with Crippen LogP contribution in [0.15, 0.2) is 30.3 Å². The Balaban J connectivity index is 2.10. The third-order valence-electron chi connectivity index (χ3n) is 3.84. The summed E-state index contributed by atoms with van der Waals surface area (Å²) in [5.74, 6) is 0.139. The molecule has 0 aromatic heterocycles. The van der Waals surface area contributed by atoms with Crippen LogP contribution in [-0.4, -0.2) is 32.8 Å². The van der Waals surface area contributed by atoms with Gasteiger partial charge in [-0.3, -0.25) is 4.79 Å². The molecule has 1 heterocycles. The highest BCUT2D eigenvalue weighted by atomic mass is 16.5. The quantitative estimate of drug-likeness (QED) is 0.896. The minimum Gasteiger partial charge on any atom is -0.382 e. The Morgan fingerprint density at radius 3 is 2.60 bits per heavy atom. The summed E-state index contributed by atoms with van der Waals surface area (Å²) in [5, 5.41) is 3.16. The van der Waals surface area contributed by atoms with Crippen LogP contribution in [0.3, 0.4) is 0 Å². The van der Waals surface area contributed by atoms with Gasteiger partial charge in [0.05, 0.1) is 12.1 Å². The Morgan fingerprint density at radius 1 is 1.35 bits per heavy atom. The summed E-state index contributed by atoms with van der Waals surface area (Å²) in [6.07, 6.45) is 1.59. The molecule has 1 atom stereocenters. The number of carbonyl (C=O) groups excluding carboxylic acids is 1. The van der Waals surface area contributed by atoms with Gasteiger partial charge in [-0.1, -0.05) is 30.3 Å². The van der Waals surface area contributed by atoms with Crippen LogP contribution in [0.25, 0.3) is 0 Å². The van der Waals surface area contributed by atoms with E-state index < -0.39 is 5.54 Å². The van der Waals surface area contributed by atoms with Crippen molar-refractivity contribution in [3.63, 3.8) is 0 Å². The van der Waals surface area contributed by atoms with E-state index in [9.17, 15) is 4.79 Å². The molecule has 0 spiro atoms. The molecule has 0 radical (unpaired) electrons. The number of carbonyl (C=O) groups is 1. The SMILES string of the molecule is COC[C@@](C)(NC(=O)C1CCOCC1)c1ccccc1. The highest BCUT2D eigenvalue weighted by molar-refractivity contribution is 5.79. The second kappa shape index (κ2) is 6.86. The number of nitrogens with one attached hydrogen (secondary N) is 1. The molecule has 1 aromatic rings. The summed E-state index contributed by atoms with van der Waals surface area (Å²) in [7, 11) is 1.65. The van der Waals surface area contributed by atoms with E-state index in [0.29, 0.717) is 19.8 Å². The van der Waals surface area contributed by atoms with Crippen LogP contribution in [0.4, 0.5) is 0 Å². The molecule has 4 heteroatoms. The highest BCUT2D eigenvalue weighted by Gasteiger charge is 2.32. The van der Waals surface area contributed by atoms with E-state index in [1.165, 1.54) is 0 Å². The molecule has 1 amide bonds. The number of methoxy groups -OCH3 is 1. The number of amides is 1. The fraction of sp³-hybridized carbons (Fsp3) is 0.562. The van der Waals surface area contributed by atoms with Gasteiger partial charge in [0.1, 0.15) is 0 Å². The van der Waals surface area contributed by atoms with E-state index in [0.717, 1.165) is 18.4 Å². The molecule has 0 bridgehead atoms.